The minimum atomic E-state index is 0.292. The molecule has 0 aromatic heterocycles. The maximum atomic E-state index is 10.8. The van der Waals surface area contributed by atoms with Crippen LogP contribution in [0.1, 0.15) is 15.9 Å². The molecule has 0 saturated carbocycles. The Bertz CT molecular complexity index is 472. The second-order valence-electron chi connectivity index (χ2n) is 2.65. The Morgan fingerprint density at radius 1 is 1.21 bits per heavy atom. The summed E-state index contributed by atoms with van der Waals surface area (Å²) in [4.78, 5) is 10.8. The molecule has 0 fully saturated rings. The molecule has 0 unspecified atom stereocenters. The third-order valence-electron chi connectivity index (χ3n) is 1.96. The fourth-order valence-corrected chi connectivity index (χ4v) is 1.24. The van der Waals surface area contributed by atoms with Gasteiger partial charge in [0, 0.05) is 16.0 Å². The smallest absolute Gasteiger partial charge is 0.151 e. The quantitative estimate of drug-likeness (QED) is 0.676. The molecule has 0 aliphatic rings. The van der Waals surface area contributed by atoms with Gasteiger partial charge in [-0.15, -0.1) is 0 Å². The van der Waals surface area contributed by atoms with E-state index in [2.05, 4.69) is 6.58 Å². The second kappa shape index (κ2) is 4.28. The third-order valence-corrected chi connectivity index (χ3v) is 1.96. The molecule has 0 bridgehead atoms. The predicted molar refractivity (Wildman–Crippen MR) is 55.4 cm³/mol. The van der Waals surface area contributed by atoms with Gasteiger partial charge in [0.2, 0.25) is 0 Å². The lowest BCUT2D eigenvalue weighted by molar-refractivity contribution is 0.112. The Kier molecular flexibility index (Phi) is 3.07. The molecule has 3 nitrogen and oxygen atoms in total. The second-order valence-corrected chi connectivity index (χ2v) is 2.65. The first-order chi connectivity index (χ1) is 6.78. The molecule has 0 heterocycles. The Balaban J connectivity index is 3.80. The van der Waals surface area contributed by atoms with Crippen LogP contribution in [0.3, 0.4) is 0 Å². The maximum Gasteiger partial charge on any atom is 0.151 e. The number of carbonyl (C=O) groups is 1. The number of rotatable bonds is 2. The van der Waals surface area contributed by atoms with Crippen LogP contribution in [0.2, 0.25) is 0 Å². The van der Waals surface area contributed by atoms with Gasteiger partial charge in [-0.05, 0) is 5.56 Å². The summed E-state index contributed by atoms with van der Waals surface area (Å²) < 4.78 is 0. The van der Waals surface area contributed by atoms with Gasteiger partial charge in [-0.2, -0.15) is 0 Å². The molecule has 0 atom stereocenters. The first kappa shape index (κ1) is 10.1. The van der Waals surface area contributed by atoms with Gasteiger partial charge < -0.3 is 10.2 Å². The highest BCUT2D eigenvalue weighted by molar-refractivity contribution is 5.82. The van der Waals surface area contributed by atoms with E-state index in [9.17, 15) is 4.79 Å². The molecule has 2 N–H and O–H groups in total. The summed E-state index contributed by atoms with van der Waals surface area (Å²) in [5, 5.41) is 18.4. The number of benzene rings is 1. The molecule has 0 radical (unpaired) electrons. The summed E-state index contributed by atoms with van der Waals surface area (Å²) in [6, 6.07) is 3.23. The van der Waals surface area contributed by atoms with E-state index in [0.717, 1.165) is 12.5 Å². The van der Waals surface area contributed by atoms with E-state index in [0.29, 0.717) is 27.9 Å². The van der Waals surface area contributed by atoms with Gasteiger partial charge in [0.15, 0.2) is 6.29 Å². The summed E-state index contributed by atoms with van der Waals surface area (Å²) in [7, 11) is 0. The number of hydrogen-bond donors (Lipinski definition) is 2. The van der Waals surface area contributed by atoms with Crippen molar-refractivity contribution < 1.29 is 15.0 Å². The van der Waals surface area contributed by atoms with E-state index in [-0.39, 0.29) is 0 Å². The zero-order valence-corrected chi connectivity index (χ0v) is 7.47. The first-order valence-electron chi connectivity index (χ1n) is 3.98. The van der Waals surface area contributed by atoms with Crippen LogP contribution in [0.15, 0.2) is 18.7 Å². The van der Waals surface area contributed by atoms with Crippen molar-refractivity contribution in [1.29, 1.82) is 0 Å². The SMILES string of the molecule is C=Cc1ccc(=CO)c(=CO)c1C=O. The van der Waals surface area contributed by atoms with Crippen molar-refractivity contribution in [1.82, 2.24) is 0 Å². The average molecular weight is 190 g/mol. The molecule has 0 saturated heterocycles. The van der Waals surface area contributed by atoms with Gasteiger partial charge in [-0.1, -0.05) is 24.8 Å². The number of carbonyl (C=O) groups excluding carboxylic acids is 1. The van der Waals surface area contributed by atoms with Crippen molar-refractivity contribution in [2.75, 3.05) is 0 Å². The predicted octanol–water partition coefficient (Wildman–Crippen LogP) is 0.734. The Labute approximate surface area is 80.9 Å². The van der Waals surface area contributed by atoms with Crippen LogP contribution in [-0.4, -0.2) is 16.5 Å². The van der Waals surface area contributed by atoms with E-state index >= 15 is 0 Å². The molecule has 14 heavy (non-hydrogen) atoms. The van der Waals surface area contributed by atoms with E-state index in [1.165, 1.54) is 6.08 Å². The molecule has 72 valence electrons. The van der Waals surface area contributed by atoms with Crippen LogP contribution in [0.5, 0.6) is 0 Å². The fourth-order valence-electron chi connectivity index (χ4n) is 1.24. The van der Waals surface area contributed by atoms with Crippen LogP contribution in [0, 0.1) is 0 Å². The molecule has 0 aliphatic carbocycles. The maximum absolute atomic E-state index is 10.8. The van der Waals surface area contributed by atoms with E-state index < -0.39 is 0 Å². The van der Waals surface area contributed by atoms with Crippen LogP contribution >= 0.6 is 0 Å². The lowest BCUT2D eigenvalue weighted by Crippen LogP contribution is -2.29. The third kappa shape index (κ3) is 1.52. The van der Waals surface area contributed by atoms with E-state index in [1.807, 2.05) is 0 Å². The largest absolute Gasteiger partial charge is 0.515 e. The van der Waals surface area contributed by atoms with Crippen molar-refractivity contribution in [3.05, 3.63) is 40.3 Å². The topological polar surface area (TPSA) is 57.5 Å². The zero-order chi connectivity index (χ0) is 10.6. The van der Waals surface area contributed by atoms with Gasteiger partial charge in [0.05, 0.1) is 12.5 Å². The molecule has 1 aromatic rings. The highest BCUT2D eigenvalue weighted by atomic mass is 16.2. The van der Waals surface area contributed by atoms with Crippen LogP contribution in [0.4, 0.5) is 0 Å². The van der Waals surface area contributed by atoms with Gasteiger partial charge in [-0.3, -0.25) is 4.79 Å². The molecular formula is C11H10O3. The Morgan fingerprint density at radius 2 is 1.93 bits per heavy atom. The van der Waals surface area contributed by atoms with Gasteiger partial charge in [0.25, 0.3) is 0 Å². The number of hydrogen-bond acceptors (Lipinski definition) is 3. The molecule has 0 amide bonds. The van der Waals surface area contributed by atoms with Crippen LogP contribution in [-0.2, 0) is 0 Å². The Hall–Kier alpha value is -2.03. The number of aliphatic hydroxyl groups excluding tert-OH is 2. The zero-order valence-electron chi connectivity index (χ0n) is 7.47. The van der Waals surface area contributed by atoms with Crippen LogP contribution < -0.4 is 10.4 Å². The van der Waals surface area contributed by atoms with Crippen LogP contribution in [0.25, 0.3) is 18.6 Å². The van der Waals surface area contributed by atoms with Crippen molar-refractivity contribution in [3.8, 4) is 0 Å². The molecule has 0 aliphatic heterocycles. The lowest BCUT2D eigenvalue weighted by atomic mass is 10.0. The average Bonchev–Trinajstić information content (AvgIpc) is 2.26. The van der Waals surface area contributed by atoms with Crippen molar-refractivity contribution in [2.24, 2.45) is 0 Å². The summed E-state index contributed by atoms with van der Waals surface area (Å²) in [5.41, 5.74) is 0.927. The normalized spacial score (nSPS) is 12.9. The summed E-state index contributed by atoms with van der Waals surface area (Å²) in [5.74, 6) is 0. The van der Waals surface area contributed by atoms with E-state index in [1.54, 1.807) is 12.1 Å². The Morgan fingerprint density at radius 3 is 2.36 bits per heavy atom. The van der Waals surface area contributed by atoms with Gasteiger partial charge in [0.1, 0.15) is 0 Å². The van der Waals surface area contributed by atoms with Crippen molar-refractivity contribution in [3.63, 3.8) is 0 Å². The summed E-state index contributed by atoms with van der Waals surface area (Å²) in [6.45, 7) is 3.54. The fraction of sp³-hybridized carbons (Fsp3) is 0. The van der Waals surface area contributed by atoms with Gasteiger partial charge in [-0.25, -0.2) is 0 Å². The standard InChI is InChI=1S/C11H10O3/c1-2-8-3-4-9(5-12)11(7-14)10(8)6-13/h2-7,12,14H,1H2. The summed E-state index contributed by atoms with van der Waals surface area (Å²) >= 11 is 0. The molecule has 1 aromatic carbocycles. The number of aliphatic hydroxyl groups is 2. The van der Waals surface area contributed by atoms with Gasteiger partial charge >= 0.3 is 0 Å². The lowest BCUT2D eigenvalue weighted by Gasteiger charge is -1.99. The van der Waals surface area contributed by atoms with E-state index in [4.69, 9.17) is 10.2 Å². The first-order valence-corrected chi connectivity index (χ1v) is 3.98. The highest BCUT2D eigenvalue weighted by Crippen LogP contribution is 2.00. The monoisotopic (exact) mass is 190 g/mol. The summed E-state index contributed by atoms with van der Waals surface area (Å²) in [6.07, 6.45) is 3.75. The molecule has 3 heteroatoms. The van der Waals surface area contributed by atoms with Crippen molar-refractivity contribution >= 4 is 24.9 Å². The number of aldehydes is 1. The highest BCUT2D eigenvalue weighted by Gasteiger charge is 2.01. The molecule has 0 spiro atoms. The van der Waals surface area contributed by atoms with Crippen molar-refractivity contribution in [2.45, 2.75) is 0 Å². The molecular weight excluding hydrogens is 180 g/mol. The molecule has 1 rings (SSSR count). The minimum absolute atomic E-state index is 0.292. The minimum Gasteiger partial charge on any atom is -0.515 e.